The molecule has 4 aromatic carbocycles. The number of rotatable bonds is 0. The van der Waals surface area contributed by atoms with Gasteiger partial charge < -0.3 is 5.11 Å². The standard InChI is InChI=1S/C13H10O.C13H10/c14-13-11-7-3-1-5-9(11)10-6-2-4-8-12(10)13;1-3-7-12-10(5-1)9-11-6-2-4-8-13(11)12/h1-8,13-14H;1-8H,9H2. The van der Waals surface area contributed by atoms with Gasteiger partial charge in [0, 0.05) is 0 Å². The summed E-state index contributed by atoms with van der Waals surface area (Å²) in [7, 11) is 0. The number of hydrogen-bond acceptors (Lipinski definition) is 1. The molecule has 1 nitrogen and oxygen atoms in total. The first-order valence-corrected chi connectivity index (χ1v) is 9.35. The molecular formula is C26H20O. The first-order valence-electron chi connectivity index (χ1n) is 9.35. The number of aliphatic hydroxyl groups is 1. The lowest BCUT2D eigenvalue weighted by molar-refractivity contribution is 0.225. The van der Waals surface area contributed by atoms with Gasteiger partial charge in [0.15, 0.2) is 0 Å². The summed E-state index contributed by atoms with van der Waals surface area (Å²) in [5.41, 5.74) is 10.1. The maximum Gasteiger partial charge on any atom is 0.105 e. The van der Waals surface area contributed by atoms with Crippen molar-refractivity contribution in [2.24, 2.45) is 0 Å². The van der Waals surface area contributed by atoms with Gasteiger partial charge in [-0.15, -0.1) is 0 Å². The van der Waals surface area contributed by atoms with Crippen LogP contribution in [0.2, 0.25) is 0 Å². The highest BCUT2D eigenvalue weighted by Crippen LogP contribution is 2.42. The fourth-order valence-corrected chi connectivity index (χ4v) is 4.21. The maximum absolute atomic E-state index is 10.0. The molecule has 0 radical (unpaired) electrons. The van der Waals surface area contributed by atoms with E-state index < -0.39 is 6.10 Å². The van der Waals surface area contributed by atoms with Crippen LogP contribution in [0.25, 0.3) is 22.3 Å². The van der Waals surface area contributed by atoms with Gasteiger partial charge in [-0.1, -0.05) is 97.1 Å². The summed E-state index contributed by atoms with van der Waals surface area (Å²) in [6.45, 7) is 0. The second kappa shape index (κ2) is 6.53. The molecule has 0 saturated heterocycles. The molecule has 0 saturated carbocycles. The van der Waals surface area contributed by atoms with Crippen LogP contribution in [0.15, 0.2) is 97.1 Å². The van der Waals surface area contributed by atoms with Crippen molar-refractivity contribution in [2.45, 2.75) is 12.5 Å². The molecule has 27 heavy (non-hydrogen) atoms. The van der Waals surface area contributed by atoms with E-state index in [9.17, 15) is 5.11 Å². The molecule has 130 valence electrons. The smallest absolute Gasteiger partial charge is 0.105 e. The lowest BCUT2D eigenvalue weighted by Gasteiger charge is -2.03. The van der Waals surface area contributed by atoms with Gasteiger partial charge in [0.1, 0.15) is 6.10 Å². The third-order valence-electron chi connectivity index (χ3n) is 5.51. The number of fused-ring (bicyclic) bond motifs is 6. The molecule has 4 aromatic rings. The van der Waals surface area contributed by atoms with Crippen LogP contribution in [-0.4, -0.2) is 5.11 Å². The van der Waals surface area contributed by atoms with E-state index >= 15 is 0 Å². The van der Waals surface area contributed by atoms with Crippen molar-refractivity contribution in [1.29, 1.82) is 0 Å². The Morgan fingerprint density at radius 2 is 0.852 bits per heavy atom. The molecule has 0 amide bonds. The topological polar surface area (TPSA) is 20.2 Å². The molecule has 0 heterocycles. The molecule has 0 aromatic heterocycles. The largest absolute Gasteiger partial charge is 0.384 e. The number of benzene rings is 4. The Morgan fingerprint density at radius 3 is 1.33 bits per heavy atom. The third-order valence-corrected chi connectivity index (χ3v) is 5.51. The SMILES string of the molecule is OC1c2ccccc2-c2ccccc21.c1ccc2c(c1)Cc1ccccc1-2. The highest BCUT2D eigenvalue weighted by Gasteiger charge is 2.25. The Kier molecular flexibility index (Phi) is 3.88. The van der Waals surface area contributed by atoms with Gasteiger partial charge in [0.2, 0.25) is 0 Å². The summed E-state index contributed by atoms with van der Waals surface area (Å²) >= 11 is 0. The summed E-state index contributed by atoms with van der Waals surface area (Å²) < 4.78 is 0. The predicted molar refractivity (Wildman–Crippen MR) is 111 cm³/mol. The molecule has 6 rings (SSSR count). The molecule has 2 aliphatic rings. The molecular weight excluding hydrogens is 328 g/mol. The molecule has 0 unspecified atom stereocenters. The summed E-state index contributed by atoms with van der Waals surface area (Å²) in [4.78, 5) is 0. The minimum Gasteiger partial charge on any atom is -0.384 e. The zero-order valence-corrected chi connectivity index (χ0v) is 15.0. The molecule has 1 N–H and O–H groups in total. The highest BCUT2D eigenvalue weighted by atomic mass is 16.3. The lowest BCUT2D eigenvalue weighted by Crippen LogP contribution is -1.92. The highest BCUT2D eigenvalue weighted by molar-refractivity contribution is 5.78. The van der Waals surface area contributed by atoms with Crippen molar-refractivity contribution in [3.8, 4) is 22.3 Å². The Hall–Kier alpha value is -3.16. The van der Waals surface area contributed by atoms with Crippen LogP contribution >= 0.6 is 0 Å². The minimum atomic E-state index is -0.442. The van der Waals surface area contributed by atoms with E-state index in [4.69, 9.17) is 0 Å². The molecule has 2 aliphatic carbocycles. The zero-order chi connectivity index (χ0) is 18.2. The van der Waals surface area contributed by atoms with Crippen molar-refractivity contribution in [1.82, 2.24) is 0 Å². The van der Waals surface area contributed by atoms with Gasteiger partial charge in [0.25, 0.3) is 0 Å². The second-order valence-corrected chi connectivity index (χ2v) is 7.07. The van der Waals surface area contributed by atoms with Gasteiger partial charge in [-0.3, -0.25) is 0 Å². The third kappa shape index (κ3) is 2.68. The van der Waals surface area contributed by atoms with Crippen LogP contribution in [0.4, 0.5) is 0 Å². The van der Waals surface area contributed by atoms with Crippen molar-refractivity contribution >= 4 is 0 Å². The van der Waals surface area contributed by atoms with Gasteiger partial charge in [0.05, 0.1) is 0 Å². The second-order valence-electron chi connectivity index (χ2n) is 7.07. The zero-order valence-electron chi connectivity index (χ0n) is 15.0. The first kappa shape index (κ1) is 16.0. The van der Waals surface area contributed by atoms with Gasteiger partial charge in [-0.05, 0) is 50.9 Å². The van der Waals surface area contributed by atoms with Gasteiger partial charge >= 0.3 is 0 Å². The molecule has 1 heteroatoms. The molecule has 0 atom stereocenters. The number of aliphatic hydroxyl groups excluding tert-OH is 1. The van der Waals surface area contributed by atoms with Crippen molar-refractivity contribution in [2.75, 3.05) is 0 Å². The van der Waals surface area contributed by atoms with Crippen LogP contribution in [0.5, 0.6) is 0 Å². The monoisotopic (exact) mass is 348 g/mol. The summed E-state index contributed by atoms with van der Waals surface area (Å²) in [6, 6.07) is 33.3. The number of hydrogen-bond donors (Lipinski definition) is 1. The fraction of sp³-hybridized carbons (Fsp3) is 0.0769. The summed E-state index contributed by atoms with van der Waals surface area (Å²) in [5.74, 6) is 0. The lowest BCUT2D eigenvalue weighted by atomic mass is 10.1. The fourth-order valence-electron chi connectivity index (χ4n) is 4.21. The van der Waals surface area contributed by atoms with E-state index in [2.05, 4.69) is 60.7 Å². The first-order chi connectivity index (χ1) is 13.3. The Bertz CT molecular complexity index is 1040. The van der Waals surface area contributed by atoms with Crippen LogP contribution < -0.4 is 0 Å². The molecule has 0 aliphatic heterocycles. The van der Waals surface area contributed by atoms with Crippen molar-refractivity contribution in [3.63, 3.8) is 0 Å². The average molecular weight is 348 g/mol. The quantitative estimate of drug-likeness (QED) is 0.363. The molecule has 0 spiro atoms. The van der Waals surface area contributed by atoms with Crippen molar-refractivity contribution < 1.29 is 5.11 Å². The van der Waals surface area contributed by atoms with Crippen LogP contribution in [0, 0.1) is 0 Å². The van der Waals surface area contributed by atoms with E-state index in [1.54, 1.807) is 0 Å². The van der Waals surface area contributed by atoms with E-state index in [0.29, 0.717) is 0 Å². The Balaban J connectivity index is 0.000000119. The normalized spacial score (nSPS) is 13.1. The maximum atomic E-state index is 10.0. The van der Waals surface area contributed by atoms with E-state index in [1.807, 2.05) is 36.4 Å². The van der Waals surface area contributed by atoms with E-state index in [0.717, 1.165) is 28.7 Å². The Labute approximate surface area is 159 Å². The summed E-state index contributed by atoms with van der Waals surface area (Å²) in [5, 5.41) is 10.0. The average Bonchev–Trinajstić information content (AvgIpc) is 3.25. The van der Waals surface area contributed by atoms with Crippen LogP contribution in [-0.2, 0) is 6.42 Å². The van der Waals surface area contributed by atoms with E-state index in [-0.39, 0.29) is 0 Å². The van der Waals surface area contributed by atoms with Crippen LogP contribution in [0.1, 0.15) is 28.4 Å². The predicted octanol–water partition coefficient (Wildman–Crippen LogP) is 6.01. The molecule has 0 fully saturated rings. The van der Waals surface area contributed by atoms with Gasteiger partial charge in [-0.25, -0.2) is 0 Å². The summed E-state index contributed by atoms with van der Waals surface area (Å²) in [6.07, 6.45) is 0.661. The van der Waals surface area contributed by atoms with Crippen LogP contribution in [0.3, 0.4) is 0 Å². The minimum absolute atomic E-state index is 0.442. The molecule has 0 bridgehead atoms. The van der Waals surface area contributed by atoms with Crippen molar-refractivity contribution in [3.05, 3.63) is 119 Å². The Morgan fingerprint density at radius 1 is 0.481 bits per heavy atom. The van der Waals surface area contributed by atoms with Gasteiger partial charge in [-0.2, -0.15) is 0 Å². The van der Waals surface area contributed by atoms with E-state index in [1.165, 1.54) is 22.3 Å².